The lowest BCUT2D eigenvalue weighted by molar-refractivity contribution is 0.102. The fraction of sp³-hybridized carbons (Fsp3) is 0.333. The molecule has 0 spiro atoms. The average Bonchev–Trinajstić information content (AvgIpc) is 3.04. The van der Waals surface area contributed by atoms with Crippen molar-refractivity contribution in [2.75, 3.05) is 31.2 Å². The Kier molecular flexibility index (Phi) is 4.94. The molecule has 0 radical (unpaired) electrons. The molecule has 1 fully saturated rings. The number of nitrogens with two attached hydrogens (primary N) is 1. The number of methoxy groups -OCH3 is 1. The van der Waals surface area contributed by atoms with Crippen LogP contribution in [-0.2, 0) is 0 Å². The molecule has 28 heavy (non-hydrogen) atoms. The van der Waals surface area contributed by atoms with Gasteiger partial charge in [-0.1, -0.05) is 0 Å². The number of pyridine rings is 1. The van der Waals surface area contributed by atoms with E-state index in [9.17, 15) is 4.79 Å². The van der Waals surface area contributed by atoms with E-state index in [0.29, 0.717) is 23.0 Å². The summed E-state index contributed by atoms with van der Waals surface area (Å²) in [6, 6.07) is 3.37. The van der Waals surface area contributed by atoms with Gasteiger partial charge in [0.2, 0.25) is 5.88 Å². The lowest BCUT2D eigenvalue weighted by atomic mass is 10.1. The Morgan fingerprint density at radius 2 is 2.18 bits per heavy atom. The molecule has 0 atom stereocenters. The van der Waals surface area contributed by atoms with Crippen LogP contribution < -0.4 is 25.8 Å². The highest BCUT2D eigenvalue weighted by Crippen LogP contribution is 2.25. The van der Waals surface area contributed by atoms with Gasteiger partial charge in [-0.25, -0.2) is 4.52 Å². The van der Waals surface area contributed by atoms with Gasteiger partial charge in [-0.2, -0.15) is 4.98 Å². The van der Waals surface area contributed by atoms with Crippen molar-refractivity contribution in [2.24, 2.45) is 0 Å². The highest BCUT2D eigenvalue weighted by molar-refractivity contribution is 6.12. The maximum absolute atomic E-state index is 12.9. The van der Waals surface area contributed by atoms with Gasteiger partial charge in [-0.3, -0.25) is 9.78 Å². The Balaban J connectivity index is 1.62. The van der Waals surface area contributed by atoms with Crippen LogP contribution in [0.15, 0.2) is 30.7 Å². The number of carbonyl (C=O) groups excluding carboxylic acids is 1. The zero-order valence-electron chi connectivity index (χ0n) is 15.4. The molecule has 0 bridgehead atoms. The van der Waals surface area contributed by atoms with Crippen molar-refractivity contribution in [3.05, 3.63) is 36.3 Å². The van der Waals surface area contributed by atoms with E-state index >= 15 is 0 Å². The van der Waals surface area contributed by atoms with Gasteiger partial charge >= 0.3 is 0 Å². The molecular formula is C18H21N7O3. The summed E-state index contributed by atoms with van der Waals surface area (Å²) in [6.45, 7) is 1.82. The molecular weight excluding hydrogens is 362 g/mol. The van der Waals surface area contributed by atoms with Crippen LogP contribution in [0.3, 0.4) is 0 Å². The number of hydrogen-bond acceptors (Lipinski definition) is 8. The van der Waals surface area contributed by atoms with E-state index in [1.165, 1.54) is 17.8 Å². The van der Waals surface area contributed by atoms with Gasteiger partial charge in [0.1, 0.15) is 23.1 Å². The fourth-order valence-electron chi connectivity index (χ4n) is 3.14. The van der Waals surface area contributed by atoms with Crippen molar-refractivity contribution in [3.63, 3.8) is 0 Å². The normalized spacial score (nSPS) is 14.8. The minimum absolute atomic E-state index is 0.0758. The third kappa shape index (κ3) is 3.54. The van der Waals surface area contributed by atoms with E-state index < -0.39 is 5.91 Å². The van der Waals surface area contributed by atoms with Crippen molar-refractivity contribution < 1.29 is 14.3 Å². The first-order chi connectivity index (χ1) is 13.7. The number of hydrogen-bond donors (Lipinski definition) is 3. The molecule has 0 saturated carbocycles. The predicted octanol–water partition coefficient (Wildman–Crippen LogP) is 1.10. The number of nitrogens with zero attached hydrogens (tertiary/aromatic N) is 4. The van der Waals surface area contributed by atoms with Crippen molar-refractivity contribution in [3.8, 4) is 11.6 Å². The monoisotopic (exact) mass is 383 g/mol. The Morgan fingerprint density at radius 3 is 2.96 bits per heavy atom. The van der Waals surface area contributed by atoms with Gasteiger partial charge in [0.15, 0.2) is 11.5 Å². The van der Waals surface area contributed by atoms with Crippen LogP contribution in [0.25, 0.3) is 5.65 Å². The predicted molar refractivity (Wildman–Crippen MR) is 103 cm³/mol. The second-order valence-electron chi connectivity index (χ2n) is 6.39. The molecule has 1 aliphatic heterocycles. The zero-order valence-corrected chi connectivity index (χ0v) is 15.4. The van der Waals surface area contributed by atoms with Crippen LogP contribution in [-0.4, -0.2) is 51.8 Å². The summed E-state index contributed by atoms with van der Waals surface area (Å²) in [7, 11) is 1.51. The number of ether oxygens (including phenoxy) is 2. The molecule has 0 aromatic carbocycles. The number of carbonyl (C=O) groups is 1. The first kappa shape index (κ1) is 18.0. The summed E-state index contributed by atoms with van der Waals surface area (Å²) < 4.78 is 12.7. The molecule has 10 heteroatoms. The van der Waals surface area contributed by atoms with Crippen LogP contribution >= 0.6 is 0 Å². The lowest BCUT2D eigenvalue weighted by Crippen LogP contribution is -2.34. The Hall–Kier alpha value is -3.40. The van der Waals surface area contributed by atoms with Gasteiger partial charge in [0, 0.05) is 24.5 Å². The molecule has 4 N–H and O–H groups in total. The summed E-state index contributed by atoms with van der Waals surface area (Å²) in [5.74, 6) is 0.547. The number of nitrogen functional groups attached to an aromatic ring is 1. The molecule has 10 nitrogen and oxygen atoms in total. The van der Waals surface area contributed by atoms with Gasteiger partial charge < -0.3 is 25.8 Å². The summed E-state index contributed by atoms with van der Waals surface area (Å²) in [5, 5.41) is 10.2. The standard InChI is InChI=1S/C18H21N7O3/c1-27-13-4-8-21-10-12(13)22-18(26)15-16(19)24-25-9-5-14(23-17(15)25)28-11-2-6-20-7-3-11/h4-5,8-11,20H,2-3,6-7H2,1H3,(H2,19,24)(H,22,26). The first-order valence-corrected chi connectivity index (χ1v) is 8.97. The van der Waals surface area contributed by atoms with E-state index in [-0.39, 0.29) is 17.5 Å². The van der Waals surface area contributed by atoms with Gasteiger partial charge in [-0.05, 0) is 25.9 Å². The Morgan fingerprint density at radius 1 is 1.36 bits per heavy atom. The summed E-state index contributed by atoms with van der Waals surface area (Å²) in [4.78, 5) is 21.3. The van der Waals surface area contributed by atoms with Crippen molar-refractivity contribution in [1.29, 1.82) is 0 Å². The van der Waals surface area contributed by atoms with Gasteiger partial charge in [0.05, 0.1) is 13.3 Å². The number of anilines is 2. The minimum atomic E-state index is -0.453. The fourth-order valence-corrected chi connectivity index (χ4v) is 3.14. The molecule has 4 heterocycles. The number of nitrogens with one attached hydrogen (secondary N) is 2. The zero-order chi connectivity index (χ0) is 19.5. The van der Waals surface area contributed by atoms with Gasteiger partial charge in [0.25, 0.3) is 5.91 Å². The van der Waals surface area contributed by atoms with E-state index in [1.807, 2.05) is 0 Å². The molecule has 3 aromatic rings. The quantitative estimate of drug-likeness (QED) is 0.597. The highest BCUT2D eigenvalue weighted by Gasteiger charge is 2.22. The van der Waals surface area contributed by atoms with Crippen LogP contribution in [0.1, 0.15) is 23.2 Å². The molecule has 0 unspecified atom stereocenters. The average molecular weight is 383 g/mol. The second-order valence-corrected chi connectivity index (χ2v) is 6.39. The molecule has 0 aliphatic carbocycles. The van der Waals surface area contributed by atoms with Crippen molar-refractivity contribution in [1.82, 2.24) is 24.9 Å². The van der Waals surface area contributed by atoms with Crippen LogP contribution in [0.4, 0.5) is 11.5 Å². The molecule has 3 aromatic heterocycles. The Labute approximate surface area is 161 Å². The molecule has 1 saturated heterocycles. The number of piperidine rings is 1. The largest absolute Gasteiger partial charge is 0.494 e. The Bertz CT molecular complexity index is 998. The van der Waals surface area contributed by atoms with Crippen LogP contribution in [0, 0.1) is 0 Å². The summed E-state index contributed by atoms with van der Waals surface area (Å²) in [5.41, 5.74) is 6.90. The van der Waals surface area contributed by atoms with Crippen LogP contribution in [0.2, 0.25) is 0 Å². The minimum Gasteiger partial charge on any atom is -0.494 e. The molecule has 1 aliphatic rings. The lowest BCUT2D eigenvalue weighted by Gasteiger charge is -2.23. The summed E-state index contributed by atoms with van der Waals surface area (Å²) in [6.07, 6.45) is 6.65. The molecule has 146 valence electrons. The van der Waals surface area contributed by atoms with Crippen LogP contribution in [0.5, 0.6) is 11.6 Å². The highest BCUT2D eigenvalue weighted by atomic mass is 16.5. The third-order valence-electron chi connectivity index (χ3n) is 4.54. The molecule has 4 rings (SSSR count). The molecule has 1 amide bonds. The maximum atomic E-state index is 12.9. The third-order valence-corrected chi connectivity index (χ3v) is 4.54. The number of fused-ring (bicyclic) bond motifs is 1. The first-order valence-electron chi connectivity index (χ1n) is 8.97. The van der Waals surface area contributed by atoms with Crippen molar-refractivity contribution in [2.45, 2.75) is 18.9 Å². The van der Waals surface area contributed by atoms with Crippen molar-refractivity contribution >= 4 is 23.1 Å². The number of rotatable bonds is 5. The number of aromatic nitrogens is 4. The van der Waals surface area contributed by atoms with E-state index in [2.05, 4.69) is 25.7 Å². The van der Waals surface area contributed by atoms with E-state index in [0.717, 1.165) is 25.9 Å². The second kappa shape index (κ2) is 7.69. The summed E-state index contributed by atoms with van der Waals surface area (Å²) >= 11 is 0. The SMILES string of the molecule is COc1ccncc1NC(=O)c1c(N)nn2ccc(OC3CCNCC3)nc12. The van der Waals surface area contributed by atoms with E-state index in [4.69, 9.17) is 15.2 Å². The van der Waals surface area contributed by atoms with E-state index in [1.54, 1.807) is 24.5 Å². The smallest absolute Gasteiger partial charge is 0.263 e. The van der Waals surface area contributed by atoms with Gasteiger partial charge in [-0.15, -0.1) is 5.10 Å². The number of amides is 1. The topological polar surface area (TPSA) is 129 Å². The maximum Gasteiger partial charge on any atom is 0.263 e.